The molecule has 4 rings (SSSR count). The molecule has 154 valence electrons. The fourth-order valence-electron chi connectivity index (χ4n) is 3.31. The third-order valence-corrected chi connectivity index (χ3v) is 6.08. The molecule has 0 fully saturated rings. The van der Waals surface area contributed by atoms with Gasteiger partial charge in [0.1, 0.15) is 16.3 Å². The van der Waals surface area contributed by atoms with E-state index in [1.807, 2.05) is 59.4 Å². The first kappa shape index (κ1) is 19.9. The Hall–Kier alpha value is -3.39. The van der Waals surface area contributed by atoms with Gasteiger partial charge in [-0.05, 0) is 30.2 Å². The number of benzene rings is 1. The van der Waals surface area contributed by atoms with Gasteiger partial charge in [-0.2, -0.15) is 0 Å². The van der Waals surface area contributed by atoms with Crippen molar-refractivity contribution < 1.29 is 9.53 Å². The molecule has 0 saturated carbocycles. The van der Waals surface area contributed by atoms with Crippen molar-refractivity contribution in [1.29, 1.82) is 0 Å². The van der Waals surface area contributed by atoms with Gasteiger partial charge in [-0.15, -0.1) is 11.3 Å². The maximum atomic E-state index is 12.9. The number of fused-ring (bicyclic) bond motifs is 1. The van der Waals surface area contributed by atoms with Gasteiger partial charge in [0, 0.05) is 32.5 Å². The maximum absolute atomic E-state index is 12.9. The van der Waals surface area contributed by atoms with E-state index in [0.717, 1.165) is 16.9 Å². The number of aromatic nitrogens is 3. The highest BCUT2D eigenvalue weighted by Gasteiger charge is 2.18. The average molecular weight is 423 g/mol. The summed E-state index contributed by atoms with van der Waals surface area (Å²) in [5.41, 5.74) is 0.120. The second kappa shape index (κ2) is 8.54. The Kier molecular flexibility index (Phi) is 5.67. The standard InChI is InChI=1S/C22H21N3O4S/c1-23-20-17(14-18(30-20)21(27)29-15-16-8-3-2-4-9-16)19(26)25(22(23)28)13-7-12-24-10-5-6-11-24/h2-6,8-11,14H,7,12-13,15H2,1H3. The lowest BCUT2D eigenvalue weighted by atomic mass is 10.2. The summed E-state index contributed by atoms with van der Waals surface area (Å²) in [7, 11) is 1.61. The zero-order valence-electron chi connectivity index (χ0n) is 16.5. The first-order chi connectivity index (χ1) is 14.5. The van der Waals surface area contributed by atoms with E-state index in [4.69, 9.17) is 4.74 Å². The van der Waals surface area contributed by atoms with E-state index >= 15 is 0 Å². The smallest absolute Gasteiger partial charge is 0.348 e. The molecule has 0 saturated heterocycles. The quantitative estimate of drug-likeness (QED) is 0.428. The third kappa shape index (κ3) is 3.99. The molecule has 0 atom stereocenters. The van der Waals surface area contributed by atoms with Gasteiger partial charge < -0.3 is 9.30 Å². The fourth-order valence-corrected chi connectivity index (χ4v) is 4.31. The van der Waals surface area contributed by atoms with Crippen molar-refractivity contribution in [2.75, 3.05) is 0 Å². The number of thiophene rings is 1. The molecule has 0 amide bonds. The van der Waals surface area contributed by atoms with Crippen molar-refractivity contribution in [2.45, 2.75) is 26.1 Å². The van der Waals surface area contributed by atoms with E-state index in [0.29, 0.717) is 34.6 Å². The van der Waals surface area contributed by atoms with Gasteiger partial charge in [-0.1, -0.05) is 30.3 Å². The summed E-state index contributed by atoms with van der Waals surface area (Å²) in [5.74, 6) is -0.508. The van der Waals surface area contributed by atoms with Crippen molar-refractivity contribution in [3.8, 4) is 0 Å². The molecule has 0 unspecified atom stereocenters. The van der Waals surface area contributed by atoms with Crippen LogP contribution >= 0.6 is 11.3 Å². The van der Waals surface area contributed by atoms with Crippen LogP contribution in [0.15, 0.2) is 70.5 Å². The van der Waals surface area contributed by atoms with E-state index in [-0.39, 0.29) is 17.9 Å². The summed E-state index contributed by atoms with van der Waals surface area (Å²) in [6.45, 7) is 1.17. The topological polar surface area (TPSA) is 75.2 Å². The molecule has 0 aliphatic carbocycles. The molecular weight excluding hydrogens is 402 g/mol. The lowest BCUT2D eigenvalue weighted by Crippen LogP contribution is -2.38. The van der Waals surface area contributed by atoms with Gasteiger partial charge in [0.15, 0.2) is 0 Å². The molecule has 3 aromatic heterocycles. The molecule has 3 heterocycles. The molecule has 8 heteroatoms. The predicted octanol–water partition coefficient (Wildman–Crippen LogP) is 3.01. The van der Waals surface area contributed by atoms with Crippen LogP contribution in [0.25, 0.3) is 10.2 Å². The summed E-state index contributed by atoms with van der Waals surface area (Å²) in [6.07, 6.45) is 4.53. The van der Waals surface area contributed by atoms with Crippen LogP contribution in [-0.2, 0) is 31.5 Å². The summed E-state index contributed by atoms with van der Waals surface area (Å²) in [6, 6.07) is 14.8. The van der Waals surface area contributed by atoms with Gasteiger partial charge in [-0.3, -0.25) is 13.9 Å². The zero-order chi connectivity index (χ0) is 21.1. The van der Waals surface area contributed by atoms with Crippen molar-refractivity contribution in [3.63, 3.8) is 0 Å². The summed E-state index contributed by atoms with van der Waals surface area (Å²) >= 11 is 1.10. The number of nitrogens with zero attached hydrogens (tertiary/aromatic N) is 3. The highest BCUT2D eigenvalue weighted by atomic mass is 32.1. The fraction of sp³-hybridized carbons (Fsp3) is 0.227. The second-order valence-electron chi connectivity index (χ2n) is 6.96. The highest BCUT2D eigenvalue weighted by Crippen LogP contribution is 2.23. The first-order valence-electron chi connectivity index (χ1n) is 9.60. The SMILES string of the molecule is Cn1c(=O)n(CCCn2cccc2)c(=O)c2cc(C(=O)OCc3ccccc3)sc21. The van der Waals surface area contributed by atoms with Crippen molar-refractivity contribution in [2.24, 2.45) is 7.05 Å². The normalized spacial score (nSPS) is 11.1. The molecule has 7 nitrogen and oxygen atoms in total. The van der Waals surface area contributed by atoms with Crippen LogP contribution in [0.4, 0.5) is 0 Å². The molecule has 1 aromatic carbocycles. The predicted molar refractivity (Wildman–Crippen MR) is 116 cm³/mol. The largest absolute Gasteiger partial charge is 0.457 e. The lowest BCUT2D eigenvalue weighted by molar-refractivity contribution is 0.0478. The van der Waals surface area contributed by atoms with E-state index in [2.05, 4.69) is 0 Å². The number of rotatable bonds is 7. The van der Waals surface area contributed by atoms with Crippen LogP contribution in [0.1, 0.15) is 21.7 Å². The van der Waals surface area contributed by atoms with Gasteiger partial charge >= 0.3 is 11.7 Å². The van der Waals surface area contributed by atoms with Crippen LogP contribution in [0.3, 0.4) is 0 Å². The minimum Gasteiger partial charge on any atom is -0.457 e. The molecule has 0 spiro atoms. The van der Waals surface area contributed by atoms with Crippen LogP contribution in [0, 0.1) is 0 Å². The van der Waals surface area contributed by atoms with Crippen molar-refractivity contribution in [3.05, 3.63) is 92.2 Å². The molecule has 0 aliphatic rings. The van der Waals surface area contributed by atoms with Gasteiger partial charge in [0.05, 0.1) is 5.39 Å². The molecule has 0 N–H and O–H groups in total. The number of hydrogen-bond donors (Lipinski definition) is 0. The van der Waals surface area contributed by atoms with Crippen LogP contribution in [0.5, 0.6) is 0 Å². The summed E-state index contributed by atoms with van der Waals surface area (Å²) in [5, 5.41) is 0.356. The van der Waals surface area contributed by atoms with Crippen molar-refractivity contribution in [1.82, 2.24) is 13.7 Å². The van der Waals surface area contributed by atoms with Gasteiger partial charge in [0.2, 0.25) is 0 Å². The summed E-state index contributed by atoms with van der Waals surface area (Å²) in [4.78, 5) is 38.8. The van der Waals surface area contributed by atoms with Crippen LogP contribution < -0.4 is 11.2 Å². The molecular formula is C22H21N3O4S. The average Bonchev–Trinajstić information content (AvgIpc) is 3.44. The second-order valence-corrected chi connectivity index (χ2v) is 7.99. The van der Waals surface area contributed by atoms with E-state index < -0.39 is 5.97 Å². The minimum atomic E-state index is -0.508. The van der Waals surface area contributed by atoms with Crippen LogP contribution in [-0.4, -0.2) is 19.7 Å². The Bertz CT molecular complexity index is 1280. The molecule has 0 aliphatic heterocycles. The molecule has 30 heavy (non-hydrogen) atoms. The van der Waals surface area contributed by atoms with Crippen LogP contribution in [0.2, 0.25) is 0 Å². The number of esters is 1. The van der Waals surface area contributed by atoms with Crippen molar-refractivity contribution >= 4 is 27.5 Å². The van der Waals surface area contributed by atoms with Gasteiger partial charge in [0.25, 0.3) is 5.56 Å². The summed E-state index contributed by atoms with van der Waals surface area (Å²) < 4.78 is 10.0. The Morgan fingerprint density at radius 1 is 1.03 bits per heavy atom. The monoisotopic (exact) mass is 423 g/mol. The Balaban J connectivity index is 1.56. The van der Waals surface area contributed by atoms with E-state index in [1.54, 1.807) is 7.05 Å². The highest BCUT2D eigenvalue weighted by molar-refractivity contribution is 7.20. The number of aryl methyl sites for hydroxylation is 2. The molecule has 0 bridgehead atoms. The maximum Gasteiger partial charge on any atom is 0.348 e. The third-order valence-electron chi connectivity index (χ3n) is 4.89. The zero-order valence-corrected chi connectivity index (χ0v) is 17.3. The number of hydrogen-bond acceptors (Lipinski definition) is 5. The molecule has 0 radical (unpaired) electrons. The number of ether oxygens (including phenoxy) is 1. The minimum absolute atomic E-state index is 0.149. The lowest BCUT2D eigenvalue weighted by Gasteiger charge is -2.08. The number of carbonyl (C=O) groups excluding carboxylic acids is 1. The van der Waals surface area contributed by atoms with E-state index in [9.17, 15) is 14.4 Å². The Morgan fingerprint density at radius 2 is 1.77 bits per heavy atom. The molecule has 4 aromatic rings. The van der Waals surface area contributed by atoms with Gasteiger partial charge in [-0.25, -0.2) is 9.59 Å². The Morgan fingerprint density at radius 3 is 2.50 bits per heavy atom. The first-order valence-corrected chi connectivity index (χ1v) is 10.4. The van der Waals surface area contributed by atoms with E-state index in [1.165, 1.54) is 15.2 Å². The number of carbonyl (C=O) groups is 1. The Labute approximate surface area is 176 Å².